The van der Waals surface area contributed by atoms with Gasteiger partial charge in [-0.3, -0.25) is 0 Å². The van der Waals surface area contributed by atoms with Crippen LogP contribution in [-0.2, 0) is 13.2 Å². The number of aliphatic hydroxyl groups is 1. The average molecular weight is 294 g/mol. The Morgan fingerprint density at radius 1 is 1.45 bits per heavy atom. The Labute approximate surface area is 124 Å². The van der Waals surface area contributed by atoms with Gasteiger partial charge in [0.2, 0.25) is 0 Å². The van der Waals surface area contributed by atoms with Gasteiger partial charge in [0.05, 0.1) is 23.7 Å². The molecule has 2 aromatic heterocycles. The minimum atomic E-state index is 0.0606. The minimum Gasteiger partial charge on any atom is -0.464 e. The monoisotopic (exact) mass is 294 g/mol. The van der Waals surface area contributed by atoms with E-state index >= 15 is 0 Å². The molecule has 0 saturated heterocycles. The van der Waals surface area contributed by atoms with Crippen LogP contribution in [0.4, 0.5) is 5.13 Å². The minimum absolute atomic E-state index is 0.0606. The Morgan fingerprint density at radius 2 is 2.20 bits per heavy atom. The van der Waals surface area contributed by atoms with Crippen molar-refractivity contribution in [2.24, 2.45) is 0 Å². The Balaban J connectivity index is 2.17. The zero-order chi connectivity index (χ0) is 14.7. The Bertz CT molecular complexity index is 562. The summed E-state index contributed by atoms with van der Waals surface area (Å²) in [7, 11) is 2.00. The molecule has 20 heavy (non-hydrogen) atoms. The molecular weight excluding hydrogens is 272 g/mol. The molecule has 0 amide bonds. The van der Waals surface area contributed by atoms with Gasteiger partial charge in [0.1, 0.15) is 11.5 Å². The molecule has 1 unspecified atom stereocenters. The standard InChI is InChI=1S/C15H22N2O2S/c1-5-10(2)14-13(9-18)20-15(16-14)17(4)8-12-7-6-11(3)19-12/h6-7,10,18H,5,8-9H2,1-4H3. The van der Waals surface area contributed by atoms with Crippen LogP contribution >= 0.6 is 11.3 Å². The van der Waals surface area contributed by atoms with Crippen molar-refractivity contribution < 1.29 is 9.52 Å². The van der Waals surface area contributed by atoms with Gasteiger partial charge in [-0.15, -0.1) is 0 Å². The summed E-state index contributed by atoms with van der Waals surface area (Å²) >= 11 is 1.56. The van der Waals surface area contributed by atoms with Gasteiger partial charge in [-0.25, -0.2) is 4.98 Å². The van der Waals surface area contributed by atoms with Crippen LogP contribution in [0.1, 0.15) is 48.3 Å². The van der Waals surface area contributed by atoms with Gasteiger partial charge in [0.15, 0.2) is 5.13 Å². The van der Waals surface area contributed by atoms with Crippen LogP contribution in [0.2, 0.25) is 0 Å². The number of rotatable bonds is 6. The summed E-state index contributed by atoms with van der Waals surface area (Å²) in [6.45, 7) is 6.98. The second kappa shape index (κ2) is 6.41. The van der Waals surface area contributed by atoms with Crippen molar-refractivity contribution in [3.63, 3.8) is 0 Å². The lowest BCUT2D eigenvalue weighted by molar-refractivity contribution is 0.283. The fourth-order valence-electron chi connectivity index (χ4n) is 2.08. The van der Waals surface area contributed by atoms with Crippen molar-refractivity contribution >= 4 is 16.5 Å². The fraction of sp³-hybridized carbons (Fsp3) is 0.533. The largest absolute Gasteiger partial charge is 0.464 e. The molecule has 5 heteroatoms. The van der Waals surface area contributed by atoms with E-state index < -0.39 is 0 Å². The summed E-state index contributed by atoms with van der Waals surface area (Å²) in [6.07, 6.45) is 1.03. The molecule has 0 fully saturated rings. The maximum atomic E-state index is 9.48. The summed E-state index contributed by atoms with van der Waals surface area (Å²) < 4.78 is 5.59. The van der Waals surface area contributed by atoms with Crippen LogP contribution in [0.25, 0.3) is 0 Å². The topological polar surface area (TPSA) is 49.5 Å². The van der Waals surface area contributed by atoms with E-state index in [9.17, 15) is 5.11 Å². The lowest BCUT2D eigenvalue weighted by Crippen LogP contribution is -2.15. The third-order valence-electron chi connectivity index (χ3n) is 3.45. The van der Waals surface area contributed by atoms with Gasteiger partial charge in [-0.2, -0.15) is 0 Å². The lowest BCUT2D eigenvalue weighted by Gasteiger charge is -2.13. The molecule has 0 aromatic carbocycles. The molecule has 2 aromatic rings. The van der Waals surface area contributed by atoms with Crippen LogP contribution in [0.5, 0.6) is 0 Å². The molecule has 0 aliphatic heterocycles. The van der Waals surface area contributed by atoms with Gasteiger partial charge in [0.25, 0.3) is 0 Å². The molecular formula is C15H22N2O2S. The molecule has 2 heterocycles. The number of anilines is 1. The molecule has 0 spiro atoms. The summed E-state index contributed by atoms with van der Waals surface area (Å²) in [6, 6.07) is 3.96. The molecule has 1 atom stereocenters. The first kappa shape index (κ1) is 15.1. The van der Waals surface area contributed by atoms with Crippen LogP contribution < -0.4 is 4.90 Å². The van der Waals surface area contributed by atoms with E-state index in [1.165, 1.54) is 0 Å². The van der Waals surface area contributed by atoms with E-state index in [1.807, 2.05) is 26.1 Å². The van der Waals surface area contributed by atoms with Crippen molar-refractivity contribution in [1.82, 2.24) is 4.98 Å². The number of aryl methyl sites for hydroxylation is 1. The fourth-order valence-corrected chi connectivity index (χ4v) is 3.08. The van der Waals surface area contributed by atoms with E-state index in [0.717, 1.165) is 33.6 Å². The molecule has 110 valence electrons. The van der Waals surface area contributed by atoms with Crippen LogP contribution in [0.15, 0.2) is 16.5 Å². The van der Waals surface area contributed by atoms with E-state index in [4.69, 9.17) is 9.40 Å². The smallest absolute Gasteiger partial charge is 0.186 e. The first-order valence-electron chi connectivity index (χ1n) is 6.92. The summed E-state index contributed by atoms with van der Waals surface area (Å²) in [5.74, 6) is 2.22. The van der Waals surface area contributed by atoms with E-state index in [1.54, 1.807) is 11.3 Å². The lowest BCUT2D eigenvalue weighted by atomic mass is 10.0. The maximum absolute atomic E-state index is 9.48. The second-order valence-electron chi connectivity index (χ2n) is 5.14. The number of aromatic nitrogens is 1. The van der Waals surface area contributed by atoms with Crippen molar-refractivity contribution in [1.29, 1.82) is 0 Å². The third kappa shape index (κ3) is 3.22. The predicted octanol–water partition coefficient (Wildman–Crippen LogP) is 3.69. The molecule has 1 N–H and O–H groups in total. The molecule has 0 radical (unpaired) electrons. The highest BCUT2D eigenvalue weighted by Crippen LogP contribution is 2.32. The average Bonchev–Trinajstić information content (AvgIpc) is 3.04. The molecule has 0 aliphatic carbocycles. The number of hydrogen-bond donors (Lipinski definition) is 1. The number of aliphatic hydroxyl groups excluding tert-OH is 1. The third-order valence-corrected chi connectivity index (χ3v) is 4.62. The zero-order valence-electron chi connectivity index (χ0n) is 12.5. The number of hydrogen-bond acceptors (Lipinski definition) is 5. The second-order valence-corrected chi connectivity index (χ2v) is 6.20. The molecule has 0 saturated carbocycles. The molecule has 2 rings (SSSR count). The summed E-state index contributed by atoms with van der Waals surface area (Å²) in [4.78, 5) is 7.73. The van der Waals surface area contributed by atoms with Gasteiger partial charge >= 0.3 is 0 Å². The Morgan fingerprint density at radius 3 is 2.75 bits per heavy atom. The van der Waals surface area contributed by atoms with E-state index in [2.05, 4.69) is 18.7 Å². The van der Waals surface area contributed by atoms with Gasteiger partial charge < -0.3 is 14.4 Å². The van der Waals surface area contributed by atoms with Crippen LogP contribution in [0, 0.1) is 6.92 Å². The molecule has 0 aliphatic rings. The van der Waals surface area contributed by atoms with Gasteiger partial charge in [0, 0.05) is 7.05 Å². The predicted molar refractivity (Wildman–Crippen MR) is 82.3 cm³/mol. The first-order valence-corrected chi connectivity index (χ1v) is 7.73. The number of furan rings is 1. The normalized spacial score (nSPS) is 12.7. The molecule has 0 bridgehead atoms. The number of nitrogens with zero attached hydrogens (tertiary/aromatic N) is 2. The highest BCUT2D eigenvalue weighted by molar-refractivity contribution is 7.15. The maximum Gasteiger partial charge on any atom is 0.186 e. The van der Waals surface area contributed by atoms with Crippen molar-refractivity contribution in [2.75, 3.05) is 11.9 Å². The first-order chi connectivity index (χ1) is 9.55. The SMILES string of the molecule is CCC(C)c1nc(N(C)Cc2ccc(C)o2)sc1CO. The quantitative estimate of drug-likeness (QED) is 0.883. The van der Waals surface area contributed by atoms with E-state index in [0.29, 0.717) is 12.5 Å². The number of thiazole rings is 1. The van der Waals surface area contributed by atoms with Crippen molar-refractivity contribution in [3.8, 4) is 0 Å². The highest BCUT2D eigenvalue weighted by Gasteiger charge is 2.18. The van der Waals surface area contributed by atoms with Gasteiger partial charge in [-0.1, -0.05) is 25.2 Å². The summed E-state index contributed by atoms with van der Waals surface area (Å²) in [5, 5.41) is 10.4. The zero-order valence-corrected chi connectivity index (χ0v) is 13.3. The van der Waals surface area contributed by atoms with Crippen LogP contribution in [-0.4, -0.2) is 17.1 Å². The summed E-state index contributed by atoms with van der Waals surface area (Å²) in [5.41, 5.74) is 1.03. The molecule has 4 nitrogen and oxygen atoms in total. The van der Waals surface area contributed by atoms with Crippen molar-refractivity contribution in [2.45, 2.75) is 46.3 Å². The van der Waals surface area contributed by atoms with Crippen LogP contribution in [0.3, 0.4) is 0 Å². The highest BCUT2D eigenvalue weighted by atomic mass is 32.1. The van der Waals surface area contributed by atoms with Gasteiger partial charge in [-0.05, 0) is 31.4 Å². The van der Waals surface area contributed by atoms with Crippen molar-refractivity contribution in [3.05, 3.63) is 34.2 Å². The Hall–Kier alpha value is -1.33. The Kier molecular flexibility index (Phi) is 4.83. The van der Waals surface area contributed by atoms with E-state index in [-0.39, 0.29) is 6.61 Å².